The van der Waals surface area contributed by atoms with E-state index in [1.165, 1.54) is 0 Å². The van der Waals surface area contributed by atoms with Crippen molar-refractivity contribution in [1.82, 2.24) is 15.0 Å². The number of aromatic nitrogens is 3. The Balaban J connectivity index is 2.28. The van der Waals surface area contributed by atoms with Gasteiger partial charge in [0.1, 0.15) is 18.1 Å². The fraction of sp³-hybridized carbons (Fsp3) is 0.400. The molecule has 0 aliphatic rings. The van der Waals surface area contributed by atoms with Crippen LogP contribution in [0, 0.1) is 0 Å². The summed E-state index contributed by atoms with van der Waals surface area (Å²) in [5, 5.41) is 0.850. The lowest BCUT2D eigenvalue weighted by Crippen LogP contribution is -2.07. The fourth-order valence-corrected chi connectivity index (χ4v) is 1.32. The van der Waals surface area contributed by atoms with Crippen molar-refractivity contribution in [3.8, 4) is 0 Å². The Kier molecular flexibility index (Phi) is 2.55. The minimum absolute atomic E-state index is 0.161. The van der Waals surface area contributed by atoms with Crippen LogP contribution in [0.3, 0.4) is 0 Å². The van der Waals surface area contributed by atoms with Crippen molar-refractivity contribution in [1.29, 1.82) is 0 Å². The molecule has 0 amide bonds. The van der Waals surface area contributed by atoms with Crippen molar-refractivity contribution >= 4 is 16.9 Å². The van der Waals surface area contributed by atoms with Crippen molar-refractivity contribution in [3.05, 3.63) is 18.1 Å². The van der Waals surface area contributed by atoms with Crippen molar-refractivity contribution in [2.45, 2.75) is 26.6 Å². The number of nitrogens with two attached hydrogens (primary N) is 1. The molecular weight excluding hydrogens is 192 g/mol. The molecule has 0 saturated carbocycles. The summed E-state index contributed by atoms with van der Waals surface area (Å²) in [7, 11) is 0. The average Bonchev–Trinajstić information content (AvgIpc) is 2.63. The van der Waals surface area contributed by atoms with Gasteiger partial charge in [-0.1, -0.05) is 0 Å². The Morgan fingerprint density at radius 2 is 2.27 bits per heavy atom. The molecular formula is C10H14N4O. The molecule has 0 atom stereocenters. The SMILES string of the molecule is CC(C)OCc1nc(N)c2cc[nH]c2n1. The third-order valence-electron chi connectivity index (χ3n) is 2.04. The van der Waals surface area contributed by atoms with Gasteiger partial charge in [-0.15, -0.1) is 0 Å². The Morgan fingerprint density at radius 1 is 1.47 bits per heavy atom. The highest BCUT2D eigenvalue weighted by Crippen LogP contribution is 2.16. The maximum Gasteiger partial charge on any atom is 0.158 e. The summed E-state index contributed by atoms with van der Waals surface area (Å²) in [6.07, 6.45) is 1.96. The molecule has 2 rings (SSSR count). The highest BCUT2D eigenvalue weighted by atomic mass is 16.5. The van der Waals surface area contributed by atoms with Crippen LogP contribution in [0.5, 0.6) is 0 Å². The number of anilines is 1. The molecule has 2 aromatic rings. The van der Waals surface area contributed by atoms with E-state index < -0.39 is 0 Å². The van der Waals surface area contributed by atoms with Gasteiger partial charge in [0.05, 0.1) is 11.5 Å². The number of nitrogens with zero attached hydrogens (tertiary/aromatic N) is 2. The van der Waals surface area contributed by atoms with E-state index >= 15 is 0 Å². The molecule has 3 N–H and O–H groups in total. The van der Waals surface area contributed by atoms with E-state index in [-0.39, 0.29) is 6.10 Å². The monoisotopic (exact) mass is 206 g/mol. The van der Waals surface area contributed by atoms with Gasteiger partial charge in [-0.25, -0.2) is 9.97 Å². The summed E-state index contributed by atoms with van der Waals surface area (Å²) in [6, 6.07) is 1.86. The predicted molar refractivity (Wildman–Crippen MR) is 58.2 cm³/mol. The van der Waals surface area contributed by atoms with Crippen molar-refractivity contribution in [2.24, 2.45) is 0 Å². The number of ether oxygens (including phenoxy) is 1. The van der Waals surface area contributed by atoms with Crippen molar-refractivity contribution < 1.29 is 4.74 Å². The number of nitrogen functional groups attached to an aromatic ring is 1. The quantitative estimate of drug-likeness (QED) is 0.797. The molecule has 2 aromatic heterocycles. The van der Waals surface area contributed by atoms with Crippen LogP contribution in [0.15, 0.2) is 12.3 Å². The smallest absolute Gasteiger partial charge is 0.158 e. The van der Waals surface area contributed by atoms with E-state index in [1.54, 1.807) is 6.20 Å². The predicted octanol–water partition coefficient (Wildman–Crippen LogP) is 1.47. The zero-order valence-electron chi connectivity index (χ0n) is 8.82. The number of fused-ring (bicyclic) bond motifs is 1. The van der Waals surface area contributed by atoms with Crippen LogP contribution >= 0.6 is 0 Å². The molecule has 0 unspecified atom stereocenters. The summed E-state index contributed by atoms with van der Waals surface area (Å²) < 4.78 is 5.41. The van der Waals surface area contributed by atoms with Gasteiger partial charge in [0.25, 0.3) is 0 Å². The first-order valence-electron chi connectivity index (χ1n) is 4.88. The van der Waals surface area contributed by atoms with Crippen LogP contribution in [-0.4, -0.2) is 21.1 Å². The third kappa shape index (κ3) is 2.07. The van der Waals surface area contributed by atoms with Crippen LogP contribution in [0.25, 0.3) is 11.0 Å². The van der Waals surface area contributed by atoms with Gasteiger partial charge < -0.3 is 15.5 Å². The topological polar surface area (TPSA) is 76.8 Å². The maximum atomic E-state index is 5.78. The highest BCUT2D eigenvalue weighted by molar-refractivity contribution is 5.85. The minimum atomic E-state index is 0.161. The second kappa shape index (κ2) is 3.86. The molecule has 0 radical (unpaired) electrons. The number of rotatable bonds is 3. The molecule has 15 heavy (non-hydrogen) atoms. The number of hydrogen-bond donors (Lipinski definition) is 2. The Bertz CT molecular complexity index is 463. The minimum Gasteiger partial charge on any atom is -0.383 e. The Labute approximate surface area is 87.7 Å². The zero-order chi connectivity index (χ0) is 10.8. The standard InChI is InChI=1S/C10H14N4O/c1-6(2)15-5-8-13-9(11)7-3-4-12-10(7)14-8/h3-4,6H,5H2,1-2H3,(H3,11,12,13,14). The molecule has 80 valence electrons. The molecule has 0 aliphatic carbocycles. The lowest BCUT2D eigenvalue weighted by Gasteiger charge is -2.06. The van der Waals surface area contributed by atoms with E-state index in [0.29, 0.717) is 18.2 Å². The normalized spacial score (nSPS) is 11.4. The molecule has 0 aliphatic heterocycles. The van der Waals surface area contributed by atoms with Gasteiger partial charge in [-0.3, -0.25) is 0 Å². The number of nitrogens with one attached hydrogen (secondary N) is 1. The molecule has 0 fully saturated rings. The number of hydrogen-bond acceptors (Lipinski definition) is 4. The van der Waals surface area contributed by atoms with Crippen LogP contribution in [0.1, 0.15) is 19.7 Å². The summed E-state index contributed by atoms with van der Waals surface area (Å²) in [5.41, 5.74) is 6.54. The van der Waals surface area contributed by atoms with Gasteiger partial charge >= 0.3 is 0 Å². The van der Waals surface area contributed by atoms with Gasteiger partial charge in [0.2, 0.25) is 0 Å². The van der Waals surface area contributed by atoms with Crippen molar-refractivity contribution in [2.75, 3.05) is 5.73 Å². The van der Waals surface area contributed by atoms with E-state index in [0.717, 1.165) is 11.0 Å². The number of H-pyrrole nitrogens is 1. The fourth-order valence-electron chi connectivity index (χ4n) is 1.32. The molecule has 5 nitrogen and oxygen atoms in total. The second-order valence-corrected chi connectivity index (χ2v) is 3.62. The van der Waals surface area contributed by atoms with Gasteiger partial charge in [-0.05, 0) is 19.9 Å². The van der Waals surface area contributed by atoms with E-state index in [1.807, 2.05) is 19.9 Å². The van der Waals surface area contributed by atoms with Crippen LogP contribution in [-0.2, 0) is 11.3 Å². The largest absolute Gasteiger partial charge is 0.383 e. The lowest BCUT2D eigenvalue weighted by molar-refractivity contribution is 0.0615. The van der Waals surface area contributed by atoms with Crippen LogP contribution < -0.4 is 5.73 Å². The van der Waals surface area contributed by atoms with Gasteiger partial charge in [0.15, 0.2) is 5.82 Å². The molecule has 5 heteroatoms. The highest BCUT2D eigenvalue weighted by Gasteiger charge is 2.06. The van der Waals surface area contributed by atoms with Gasteiger partial charge in [0, 0.05) is 6.20 Å². The van der Waals surface area contributed by atoms with Crippen LogP contribution in [0.2, 0.25) is 0 Å². The number of aromatic amines is 1. The van der Waals surface area contributed by atoms with E-state index in [2.05, 4.69) is 15.0 Å². The van der Waals surface area contributed by atoms with Crippen LogP contribution in [0.4, 0.5) is 5.82 Å². The van der Waals surface area contributed by atoms with E-state index in [9.17, 15) is 0 Å². The zero-order valence-corrected chi connectivity index (χ0v) is 8.82. The molecule has 0 bridgehead atoms. The molecule has 0 spiro atoms. The Morgan fingerprint density at radius 3 is 3.00 bits per heavy atom. The maximum absolute atomic E-state index is 5.78. The first-order chi connectivity index (χ1) is 7.16. The van der Waals surface area contributed by atoms with Gasteiger partial charge in [-0.2, -0.15) is 0 Å². The summed E-state index contributed by atoms with van der Waals surface area (Å²) in [4.78, 5) is 11.5. The summed E-state index contributed by atoms with van der Waals surface area (Å²) in [6.45, 7) is 4.32. The Hall–Kier alpha value is -1.62. The lowest BCUT2D eigenvalue weighted by atomic mass is 10.4. The second-order valence-electron chi connectivity index (χ2n) is 3.62. The van der Waals surface area contributed by atoms with Crippen molar-refractivity contribution in [3.63, 3.8) is 0 Å². The average molecular weight is 206 g/mol. The first-order valence-corrected chi connectivity index (χ1v) is 4.88. The molecule has 2 heterocycles. The summed E-state index contributed by atoms with van der Waals surface area (Å²) >= 11 is 0. The van der Waals surface area contributed by atoms with E-state index in [4.69, 9.17) is 10.5 Å². The first kappa shape index (κ1) is 9.92. The molecule has 0 saturated heterocycles. The third-order valence-corrected chi connectivity index (χ3v) is 2.04. The molecule has 0 aromatic carbocycles. The summed E-state index contributed by atoms with van der Waals surface area (Å²) in [5.74, 6) is 1.10.